The van der Waals surface area contributed by atoms with E-state index in [4.69, 9.17) is 0 Å². The maximum Gasteiger partial charge on any atom is 0.106 e. The molecule has 0 aliphatic rings. The molecule has 2 unspecified atom stereocenters. The summed E-state index contributed by atoms with van der Waals surface area (Å²) >= 11 is 0. The lowest BCUT2D eigenvalue weighted by Gasteiger charge is -2.12. The number of aromatic nitrogens is 2. The van der Waals surface area contributed by atoms with Crippen molar-refractivity contribution < 1.29 is 5.11 Å². The number of rotatable bonds is 4. The Kier molecular flexibility index (Phi) is 6.79. The van der Waals surface area contributed by atoms with Crippen LogP contribution in [0.25, 0.3) is 43.4 Å². The van der Waals surface area contributed by atoms with Gasteiger partial charge in [0.1, 0.15) is 6.10 Å². The monoisotopic (exact) mass is 544 g/mol. The van der Waals surface area contributed by atoms with Gasteiger partial charge in [0.05, 0.1) is 0 Å². The average molecular weight is 545 g/mol. The van der Waals surface area contributed by atoms with E-state index in [9.17, 15) is 5.11 Å². The van der Waals surface area contributed by atoms with Crippen molar-refractivity contribution in [2.75, 3.05) is 0 Å². The van der Waals surface area contributed by atoms with Crippen LogP contribution in [0, 0.1) is 0 Å². The van der Waals surface area contributed by atoms with Crippen LogP contribution in [-0.2, 0) is 0 Å². The minimum absolute atomic E-state index is 0.380. The molecular formula is C39H32N2O. The average Bonchev–Trinajstić information content (AvgIpc) is 3.71. The molecule has 2 heterocycles. The van der Waals surface area contributed by atoms with E-state index in [0.29, 0.717) is 5.92 Å². The minimum Gasteiger partial charge on any atom is -0.384 e. The van der Waals surface area contributed by atoms with E-state index in [0.717, 1.165) is 22.0 Å². The maximum absolute atomic E-state index is 10.7. The van der Waals surface area contributed by atoms with Crippen LogP contribution in [0.2, 0.25) is 0 Å². The summed E-state index contributed by atoms with van der Waals surface area (Å²) in [5, 5.41) is 18.2. The SMILES string of the molecule is CC(c1ccccc1)c1c[nH]c2ccc3ccccc3c12.OC(c1ccccc1)c1c[nH]c2ccc3ccccc3c12. The Morgan fingerprint density at radius 3 is 1.50 bits per heavy atom. The van der Waals surface area contributed by atoms with Crippen LogP contribution in [0.1, 0.15) is 41.2 Å². The summed E-state index contributed by atoms with van der Waals surface area (Å²) in [6, 6.07) is 45.9. The number of hydrogen-bond donors (Lipinski definition) is 3. The van der Waals surface area contributed by atoms with Gasteiger partial charge in [-0.2, -0.15) is 0 Å². The number of aliphatic hydroxyl groups excluding tert-OH is 1. The summed E-state index contributed by atoms with van der Waals surface area (Å²) in [6.45, 7) is 2.28. The molecule has 0 amide bonds. The second kappa shape index (κ2) is 11.0. The fraction of sp³-hybridized carbons (Fsp3) is 0.0769. The predicted molar refractivity (Wildman–Crippen MR) is 176 cm³/mol. The summed E-state index contributed by atoms with van der Waals surface area (Å²) < 4.78 is 0. The Labute approximate surface area is 245 Å². The molecule has 3 heteroatoms. The van der Waals surface area contributed by atoms with Gasteiger partial charge < -0.3 is 15.1 Å². The Hall–Kier alpha value is -5.12. The smallest absolute Gasteiger partial charge is 0.106 e. The van der Waals surface area contributed by atoms with Gasteiger partial charge in [0.25, 0.3) is 0 Å². The van der Waals surface area contributed by atoms with Crippen LogP contribution in [0.15, 0.2) is 146 Å². The molecular weight excluding hydrogens is 512 g/mol. The first-order chi connectivity index (χ1) is 20.7. The van der Waals surface area contributed by atoms with Crippen LogP contribution >= 0.6 is 0 Å². The van der Waals surface area contributed by atoms with Crippen LogP contribution in [0.4, 0.5) is 0 Å². The Bertz CT molecular complexity index is 1970. The molecule has 2 aromatic heterocycles. The van der Waals surface area contributed by atoms with Crippen molar-refractivity contribution >= 4 is 43.4 Å². The van der Waals surface area contributed by atoms with Crippen molar-refractivity contribution in [3.63, 3.8) is 0 Å². The highest BCUT2D eigenvalue weighted by atomic mass is 16.3. The van der Waals surface area contributed by atoms with Crippen LogP contribution < -0.4 is 0 Å². The molecule has 0 fully saturated rings. The molecule has 8 aromatic rings. The van der Waals surface area contributed by atoms with E-state index in [-0.39, 0.29) is 0 Å². The zero-order chi connectivity index (χ0) is 28.5. The zero-order valence-corrected chi connectivity index (χ0v) is 23.5. The van der Waals surface area contributed by atoms with Gasteiger partial charge in [-0.1, -0.05) is 128 Å². The number of nitrogens with one attached hydrogen (secondary N) is 2. The Morgan fingerprint density at radius 1 is 0.476 bits per heavy atom. The van der Waals surface area contributed by atoms with E-state index in [1.54, 1.807) is 0 Å². The molecule has 42 heavy (non-hydrogen) atoms. The van der Waals surface area contributed by atoms with E-state index in [1.165, 1.54) is 43.6 Å². The molecule has 8 rings (SSSR count). The van der Waals surface area contributed by atoms with Crippen molar-refractivity contribution in [3.05, 3.63) is 168 Å². The van der Waals surface area contributed by atoms with Gasteiger partial charge in [-0.25, -0.2) is 0 Å². The highest BCUT2D eigenvalue weighted by Gasteiger charge is 2.17. The van der Waals surface area contributed by atoms with Crippen molar-refractivity contribution in [2.24, 2.45) is 0 Å². The van der Waals surface area contributed by atoms with E-state index in [1.807, 2.05) is 48.7 Å². The number of aromatic amines is 2. The maximum atomic E-state index is 10.7. The van der Waals surface area contributed by atoms with Gasteiger partial charge in [0.15, 0.2) is 0 Å². The predicted octanol–water partition coefficient (Wildman–Crippen LogP) is 9.88. The molecule has 204 valence electrons. The van der Waals surface area contributed by atoms with Gasteiger partial charge in [0.2, 0.25) is 0 Å². The van der Waals surface area contributed by atoms with E-state index >= 15 is 0 Å². The minimum atomic E-state index is -0.620. The van der Waals surface area contributed by atoms with Crippen molar-refractivity contribution in [3.8, 4) is 0 Å². The number of benzene rings is 6. The standard InChI is InChI=1S/C20H17N.C19H15NO/c1-14(15-7-3-2-4-8-15)18-13-21-19-12-11-16-9-5-6-10-17(16)20(18)19;21-19(14-7-2-1-3-8-14)16-12-20-17-11-10-13-6-4-5-9-15(13)18(16)17/h2-14,21H,1H3;1-12,19-21H. The Balaban J connectivity index is 0.000000137. The zero-order valence-electron chi connectivity index (χ0n) is 23.5. The number of H-pyrrole nitrogens is 2. The molecule has 0 spiro atoms. The molecule has 6 aromatic carbocycles. The van der Waals surface area contributed by atoms with Gasteiger partial charge in [0, 0.05) is 45.7 Å². The van der Waals surface area contributed by atoms with Gasteiger partial charge in [-0.05, 0) is 50.4 Å². The molecule has 2 atom stereocenters. The van der Waals surface area contributed by atoms with Crippen molar-refractivity contribution in [1.29, 1.82) is 0 Å². The van der Waals surface area contributed by atoms with Crippen LogP contribution in [0.3, 0.4) is 0 Å². The summed E-state index contributed by atoms with van der Waals surface area (Å²) in [7, 11) is 0. The quantitative estimate of drug-likeness (QED) is 0.203. The van der Waals surface area contributed by atoms with Crippen molar-refractivity contribution in [1.82, 2.24) is 9.97 Å². The molecule has 0 saturated carbocycles. The first-order valence-electron chi connectivity index (χ1n) is 14.4. The lowest BCUT2D eigenvalue weighted by Crippen LogP contribution is -1.98. The topological polar surface area (TPSA) is 51.8 Å². The van der Waals surface area contributed by atoms with E-state index in [2.05, 4.69) is 114 Å². The number of aliphatic hydroxyl groups is 1. The fourth-order valence-electron chi connectivity index (χ4n) is 6.15. The first-order valence-corrected chi connectivity index (χ1v) is 14.4. The molecule has 0 saturated heterocycles. The fourth-order valence-corrected chi connectivity index (χ4v) is 6.15. The number of hydrogen-bond acceptors (Lipinski definition) is 1. The number of fused-ring (bicyclic) bond motifs is 6. The summed E-state index contributed by atoms with van der Waals surface area (Å²) in [4.78, 5) is 6.70. The largest absolute Gasteiger partial charge is 0.384 e. The summed E-state index contributed by atoms with van der Waals surface area (Å²) in [6.07, 6.45) is 3.45. The second-order valence-corrected chi connectivity index (χ2v) is 10.9. The van der Waals surface area contributed by atoms with Crippen LogP contribution in [0.5, 0.6) is 0 Å². The van der Waals surface area contributed by atoms with Crippen molar-refractivity contribution in [2.45, 2.75) is 18.9 Å². The third kappa shape index (κ3) is 4.64. The summed E-state index contributed by atoms with van der Waals surface area (Å²) in [5.74, 6) is 0.380. The Morgan fingerprint density at radius 2 is 0.929 bits per heavy atom. The second-order valence-electron chi connectivity index (χ2n) is 10.9. The third-order valence-corrected chi connectivity index (χ3v) is 8.38. The molecule has 0 aliphatic carbocycles. The third-order valence-electron chi connectivity index (χ3n) is 8.38. The molecule has 0 bridgehead atoms. The van der Waals surface area contributed by atoms with Gasteiger partial charge in [-0.3, -0.25) is 0 Å². The molecule has 3 nitrogen and oxygen atoms in total. The molecule has 3 N–H and O–H groups in total. The lowest BCUT2D eigenvalue weighted by atomic mass is 9.91. The summed E-state index contributed by atoms with van der Waals surface area (Å²) in [5.41, 5.74) is 6.82. The molecule has 0 radical (unpaired) electrons. The normalized spacial score (nSPS) is 12.8. The lowest BCUT2D eigenvalue weighted by molar-refractivity contribution is 0.222. The highest BCUT2D eigenvalue weighted by molar-refractivity contribution is 6.09. The van der Waals surface area contributed by atoms with Gasteiger partial charge >= 0.3 is 0 Å². The molecule has 0 aliphatic heterocycles. The van der Waals surface area contributed by atoms with Crippen LogP contribution in [-0.4, -0.2) is 15.1 Å². The highest BCUT2D eigenvalue weighted by Crippen LogP contribution is 2.35. The first kappa shape index (κ1) is 25.8. The van der Waals surface area contributed by atoms with Gasteiger partial charge in [-0.15, -0.1) is 0 Å². The van der Waals surface area contributed by atoms with E-state index < -0.39 is 6.10 Å².